The van der Waals surface area contributed by atoms with Gasteiger partial charge in [-0.3, -0.25) is 0 Å². The average Bonchev–Trinajstić information content (AvgIpc) is 2.26. The predicted molar refractivity (Wildman–Crippen MR) is 51.0 cm³/mol. The maximum absolute atomic E-state index is 12.9. The fourth-order valence-corrected chi connectivity index (χ4v) is 1.24. The average molecular weight is 291 g/mol. The largest absolute Gasteiger partial charge is 0.455 e. The van der Waals surface area contributed by atoms with Crippen LogP contribution in [0.2, 0.25) is 0 Å². The summed E-state index contributed by atoms with van der Waals surface area (Å²) >= 11 is 0. The van der Waals surface area contributed by atoms with Crippen LogP contribution in [-0.4, -0.2) is 18.7 Å². The van der Waals surface area contributed by atoms with Crippen molar-refractivity contribution in [3.8, 4) is 5.75 Å². The van der Waals surface area contributed by atoms with Crippen LogP contribution >= 0.6 is 0 Å². The van der Waals surface area contributed by atoms with Crippen LogP contribution in [0.5, 0.6) is 5.75 Å². The molecule has 0 fully saturated rings. The van der Waals surface area contributed by atoms with Crippen LogP contribution in [0.15, 0.2) is 24.3 Å². The molecule has 2 nitrogen and oxygen atoms in total. The number of ether oxygens (including phenoxy) is 1. The second kappa shape index (κ2) is 5.24. The zero-order valence-electron chi connectivity index (χ0n) is 9.10. The fraction of sp³-hybridized carbons (Fsp3) is 0.400. The Bertz CT molecular complexity index is 415. The first-order valence-corrected chi connectivity index (χ1v) is 4.80. The summed E-state index contributed by atoms with van der Waals surface area (Å²) in [6, 6.07) is 0.555. The van der Waals surface area contributed by atoms with Gasteiger partial charge in [0.2, 0.25) is 0 Å². The van der Waals surface area contributed by atoms with E-state index < -0.39 is 30.3 Å². The molecule has 1 aromatic carbocycles. The Balaban J connectivity index is 2.92. The van der Waals surface area contributed by atoms with Gasteiger partial charge in [0.15, 0.2) is 0 Å². The third-order valence-electron chi connectivity index (χ3n) is 2.23. The van der Waals surface area contributed by atoms with Crippen molar-refractivity contribution in [2.45, 2.75) is 24.8 Å². The van der Waals surface area contributed by atoms with E-state index in [2.05, 4.69) is 4.74 Å². The zero-order chi connectivity index (χ0) is 14.8. The lowest BCUT2D eigenvalue weighted by molar-refractivity contribution is -0.291. The van der Waals surface area contributed by atoms with Crippen molar-refractivity contribution in [1.29, 1.82) is 0 Å². The zero-order valence-corrected chi connectivity index (χ0v) is 9.10. The molecule has 0 saturated heterocycles. The molecule has 0 aromatic heterocycles. The van der Waals surface area contributed by atoms with Crippen molar-refractivity contribution in [2.24, 2.45) is 5.73 Å². The number of hydrogen-bond acceptors (Lipinski definition) is 2. The van der Waals surface area contributed by atoms with Gasteiger partial charge in [0, 0.05) is 0 Å². The van der Waals surface area contributed by atoms with Crippen LogP contribution < -0.4 is 10.5 Å². The standard InChI is InChI=1S/C10H8F7NO/c11-8(12)19-6-3-1-5(2-4-6)7(18)9(13,14)10(15,16)17/h1-4,7-8H,18H2/t7-/m1/s1. The van der Waals surface area contributed by atoms with Gasteiger partial charge in [-0.15, -0.1) is 0 Å². The van der Waals surface area contributed by atoms with E-state index >= 15 is 0 Å². The molecule has 0 bridgehead atoms. The van der Waals surface area contributed by atoms with Gasteiger partial charge in [0.1, 0.15) is 11.8 Å². The minimum Gasteiger partial charge on any atom is -0.435 e. The van der Waals surface area contributed by atoms with Crippen LogP contribution in [0.3, 0.4) is 0 Å². The van der Waals surface area contributed by atoms with Crippen molar-refractivity contribution >= 4 is 0 Å². The van der Waals surface area contributed by atoms with E-state index in [9.17, 15) is 30.7 Å². The Labute approximate surface area is 103 Å². The summed E-state index contributed by atoms with van der Waals surface area (Å²) in [7, 11) is 0. The molecule has 1 aromatic rings. The van der Waals surface area contributed by atoms with E-state index in [-0.39, 0.29) is 5.75 Å². The number of benzene rings is 1. The minimum atomic E-state index is -5.80. The Kier molecular flexibility index (Phi) is 4.28. The van der Waals surface area contributed by atoms with E-state index in [0.717, 1.165) is 24.3 Å². The van der Waals surface area contributed by atoms with Crippen LogP contribution in [0.4, 0.5) is 30.7 Å². The van der Waals surface area contributed by atoms with Gasteiger partial charge in [-0.05, 0) is 17.7 Å². The third kappa shape index (κ3) is 3.49. The Hall–Kier alpha value is -1.51. The molecule has 0 saturated carbocycles. The summed E-state index contributed by atoms with van der Waals surface area (Å²) < 4.78 is 89.6. The van der Waals surface area contributed by atoms with E-state index in [4.69, 9.17) is 5.73 Å². The lowest BCUT2D eigenvalue weighted by atomic mass is 10.0. The molecule has 2 N–H and O–H groups in total. The normalized spacial score (nSPS) is 14.6. The molecule has 9 heteroatoms. The highest BCUT2D eigenvalue weighted by atomic mass is 19.4. The van der Waals surface area contributed by atoms with E-state index in [0.29, 0.717) is 0 Å². The first kappa shape index (κ1) is 15.5. The van der Waals surface area contributed by atoms with Crippen molar-refractivity contribution in [3.05, 3.63) is 29.8 Å². The molecule has 0 aliphatic heterocycles. The molecule has 0 spiro atoms. The van der Waals surface area contributed by atoms with Crippen molar-refractivity contribution in [2.75, 3.05) is 0 Å². The maximum Gasteiger partial charge on any atom is 0.455 e. The van der Waals surface area contributed by atoms with E-state index in [1.807, 2.05) is 0 Å². The van der Waals surface area contributed by atoms with Gasteiger partial charge in [-0.25, -0.2) is 0 Å². The lowest BCUT2D eigenvalue weighted by Gasteiger charge is -2.26. The monoisotopic (exact) mass is 291 g/mol. The summed E-state index contributed by atoms with van der Waals surface area (Å²) in [6.07, 6.45) is -5.80. The summed E-state index contributed by atoms with van der Waals surface area (Å²) in [4.78, 5) is 0. The summed E-state index contributed by atoms with van der Waals surface area (Å²) in [5, 5.41) is 0. The summed E-state index contributed by atoms with van der Waals surface area (Å²) in [5.74, 6) is -5.50. The topological polar surface area (TPSA) is 35.2 Å². The number of nitrogens with two attached hydrogens (primary N) is 1. The molecule has 0 unspecified atom stereocenters. The van der Waals surface area contributed by atoms with E-state index in [1.165, 1.54) is 0 Å². The molecule has 0 aliphatic rings. The van der Waals surface area contributed by atoms with Gasteiger partial charge in [0.05, 0.1) is 0 Å². The van der Waals surface area contributed by atoms with Crippen LogP contribution in [-0.2, 0) is 0 Å². The fourth-order valence-electron chi connectivity index (χ4n) is 1.24. The van der Waals surface area contributed by atoms with Gasteiger partial charge < -0.3 is 10.5 Å². The van der Waals surface area contributed by atoms with E-state index in [1.54, 1.807) is 0 Å². The first-order chi connectivity index (χ1) is 8.55. The molecule has 108 valence electrons. The van der Waals surface area contributed by atoms with Crippen LogP contribution in [0.1, 0.15) is 11.6 Å². The quantitative estimate of drug-likeness (QED) is 0.862. The Morgan fingerprint density at radius 2 is 1.42 bits per heavy atom. The van der Waals surface area contributed by atoms with Gasteiger partial charge in [-0.1, -0.05) is 12.1 Å². The molecule has 0 heterocycles. The van der Waals surface area contributed by atoms with Crippen LogP contribution in [0, 0.1) is 0 Å². The van der Waals surface area contributed by atoms with Crippen molar-refractivity contribution in [1.82, 2.24) is 0 Å². The number of halogens is 7. The molecule has 0 aliphatic carbocycles. The highest BCUT2D eigenvalue weighted by Crippen LogP contribution is 2.43. The highest BCUT2D eigenvalue weighted by Gasteiger charge is 2.61. The second-order valence-corrected chi connectivity index (χ2v) is 3.55. The number of rotatable bonds is 4. The molecule has 19 heavy (non-hydrogen) atoms. The van der Waals surface area contributed by atoms with Crippen molar-refractivity contribution < 1.29 is 35.5 Å². The smallest absolute Gasteiger partial charge is 0.435 e. The number of alkyl halides is 7. The second-order valence-electron chi connectivity index (χ2n) is 3.55. The first-order valence-electron chi connectivity index (χ1n) is 4.80. The predicted octanol–water partition coefficient (Wildman–Crippen LogP) is 3.49. The Morgan fingerprint density at radius 1 is 0.947 bits per heavy atom. The SMILES string of the molecule is N[C@H](c1ccc(OC(F)F)cc1)C(F)(F)C(F)(F)F. The molecule has 1 rings (SSSR count). The lowest BCUT2D eigenvalue weighted by Crippen LogP contribution is -2.45. The number of hydrogen-bond donors (Lipinski definition) is 1. The van der Waals surface area contributed by atoms with Crippen molar-refractivity contribution in [3.63, 3.8) is 0 Å². The molecule has 0 amide bonds. The molecule has 1 atom stereocenters. The maximum atomic E-state index is 12.9. The van der Waals surface area contributed by atoms with Gasteiger partial charge in [0.25, 0.3) is 0 Å². The highest BCUT2D eigenvalue weighted by molar-refractivity contribution is 5.30. The summed E-state index contributed by atoms with van der Waals surface area (Å²) in [5.41, 5.74) is 4.30. The van der Waals surface area contributed by atoms with Crippen LogP contribution in [0.25, 0.3) is 0 Å². The molecular formula is C10H8F7NO. The molecule has 0 radical (unpaired) electrons. The molecular weight excluding hydrogens is 283 g/mol. The minimum absolute atomic E-state index is 0.374. The third-order valence-corrected chi connectivity index (χ3v) is 2.23. The van der Waals surface area contributed by atoms with Gasteiger partial charge >= 0.3 is 18.7 Å². The van der Waals surface area contributed by atoms with Gasteiger partial charge in [-0.2, -0.15) is 30.7 Å². The summed E-state index contributed by atoms with van der Waals surface area (Å²) in [6.45, 7) is -3.13. The Morgan fingerprint density at radius 3 is 1.79 bits per heavy atom.